The second-order valence-electron chi connectivity index (χ2n) is 5.49. The molecule has 0 bridgehead atoms. The van der Waals surface area contributed by atoms with E-state index in [-0.39, 0.29) is 0 Å². The summed E-state index contributed by atoms with van der Waals surface area (Å²) in [6, 6.07) is 5.34. The average Bonchev–Trinajstić information content (AvgIpc) is 3.17. The molecule has 2 aliphatic carbocycles. The highest BCUT2D eigenvalue weighted by atomic mass is 79.9. The van der Waals surface area contributed by atoms with Crippen LogP contribution in [0.25, 0.3) is 0 Å². The minimum Gasteiger partial charge on any atom is -0.478 e. The third kappa shape index (κ3) is 2.26. The van der Waals surface area contributed by atoms with Gasteiger partial charge in [0.2, 0.25) is 0 Å². The van der Waals surface area contributed by atoms with Gasteiger partial charge in [-0.05, 0) is 71.1 Å². The minimum absolute atomic E-state index is 0.309. The molecule has 2 aliphatic rings. The van der Waals surface area contributed by atoms with Crippen LogP contribution in [0.1, 0.15) is 36.0 Å². The largest absolute Gasteiger partial charge is 0.478 e. The molecule has 0 unspecified atom stereocenters. The van der Waals surface area contributed by atoms with Crippen molar-refractivity contribution in [3.63, 3.8) is 0 Å². The summed E-state index contributed by atoms with van der Waals surface area (Å²) >= 11 is 3.30. The Morgan fingerprint density at radius 2 is 2.17 bits per heavy atom. The Morgan fingerprint density at radius 3 is 2.67 bits per heavy atom. The van der Waals surface area contributed by atoms with E-state index in [0.717, 1.165) is 18.2 Å². The van der Waals surface area contributed by atoms with Crippen LogP contribution < -0.4 is 5.32 Å². The van der Waals surface area contributed by atoms with Gasteiger partial charge in [0.1, 0.15) is 0 Å². The van der Waals surface area contributed by atoms with Gasteiger partial charge in [-0.25, -0.2) is 4.79 Å². The summed E-state index contributed by atoms with van der Waals surface area (Å²) in [6.07, 6.45) is 5.48. The number of aromatic carboxylic acids is 1. The normalized spacial score (nSPS) is 20.5. The van der Waals surface area contributed by atoms with Crippen molar-refractivity contribution in [1.82, 2.24) is 0 Å². The van der Waals surface area contributed by atoms with E-state index in [9.17, 15) is 4.79 Å². The van der Waals surface area contributed by atoms with Crippen LogP contribution >= 0.6 is 15.9 Å². The van der Waals surface area contributed by atoms with E-state index < -0.39 is 5.97 Å². The molecule has 0 aromatic heterocycles. The predicted octanol–water partition coefficient (Wildman–Crippen LogP) is 3.75. The van der Waals surface area contributed by atoms with Crippen molar-refractivity contribution < 1.29 is 9.90 Å². The Morgan fingerprint density at radius 1 is 1.44 bits per heavy atom. The van der Waals surface area contributed by atoms with Gasteiger partial charge >= 0.3 is 5.97 Å². The Kier molecular flexibility index (Phi) is 2.85. The highest BCUT2D eigenvalue weighted by Crippen LogP contribution is 2.61. The van der Waals surface area contributed by atoms with Crippen molar-refractivity contribution in [3.05, 3.63) is 28.2 Å². The second kappa shape index (κ2) is 4.26. The molecule has 18 heavy (non-hydrogen) atoms. The number of carboxylic acid groups (broad SMARTS) is 1. The Balaban J connectivity index is 1.66. The molecule has 2 N–H and O–H groups in total. The van der Waals surface area contributed by atoms with Crippen LogP contribution in [0, 0.1) is 11.3 Å². The van der Waals surface area contributed by atoms with Crippen LogP contribution in [0.4, 0.5) is 5.69 Å². The van der Waals surface area contributed by atoms with Gasteiger partial charge in [0.05, 0.1) is 5.56 Å². The summed E-state index contributed by atoms with van der Waals surface area (Å²) in [4.78, 5) is 10.9. The zero-order valence-electron chi connectivity index (χ0n) is 10.1. The van der Waals surface area contributed by atoms with Gasteiger partial charge in [-0.15, -0.1) is 0 Å². The summed E-state index contributed by atoms with van der Waals surface area (Å²) < 4.78 is 0.635. The van der Waals surface area contributed by atoms with Crippen LogP contribution in [0.15, 0.2) is 22.7 Å². The fourth-order valence-corrected chi connectivity index (χ4v) is 3.21. The van der Waals surface area contributed by atoms with Gasteiger partial charge in [-0.1, -0.05) is 0 Å². The van der Waals surface area contributed by atoms with Crippen molar-refractivity contribution in [1.29, 1.82) is 0 Å². The third-order valence-electron chi connectivity index (χ3n) is 4.18. The number of nitrogens with one attached hydrogen (secondary N) is 1. The Labute approximate surface area is 115 Å². The number of carboxylic acids is 1. The number of hydrogen-bond donors (Lipinski definition) is 2. The monoisotopic (exact) mass is 309 g/mol. The molecule has 0 spiro atoms. The highest BCUT2D eigenvalue weighted by molar-refractivity contribution is 9.10. The zero-order chi connectivity index (χ0) is 12.8. The molecule has 1 aromatic carbocycles. The summed E-state index contributed by atoms with van der Waals surface area (Å²) in [7, 11) is 0. The second-order valence-corrected chi connectivity index (χ2v) is 6.34. The first kappa shape index (κ1) is 12.0. The van der Waals surface area contributed by atoms with Crippen molar-refractivity contribution in [2.24, 2.45) is 11.3 Å². The van der Waals surface area contributed by atoms with Crippen molar-refractivity contribution in [2.45, 2.75) is 25.7 Å². The Bertz CT molecular complexity index is 493. The van der Waals surface area contributed by atoms with Gasteiger partial charge in [0.25, 0.3) is 0 Å². The molecule has 0 aliphatic heterocycles. The van der Waals surface area contributed by atoms with Crippen molar-refractivity contribution in [2.75, 3.05) is 11.9 Å². The number of anilines is 1. The van der Waals surface area contributed by atoms with Gasteiger partial charge in [0, 0.05) is 16.7 Å². The van der Waals surface area contributed by atoms with Crippen LogP contribution in [0.3, 0.4) is 0 Å². The summed E-state index contributed by atoms with van der Waals surface area (Å²) in [6.45, 7) is 1.02. The number of halogens is 1. The third-order valence-corrected chi connectivity index (χ3v) is 4.84. The van der Waals surface area contributed by atoms with E-state index in [4.69, 9.17) is 5.11 Å². The lowest BCUT2D eigenvalue weighted by atomic mass is 10.0. The first-order chi connectivity index (χ1) is 8.61. The van der Waals surface area contributed by atoms with E-state index in [0.29, 0.717) is 15.5 Å². The topological polar surface area (TPSA) is 49.3 Å². The van der Waals surface area contributed by atoms with E-state index in [2.05, 4.69) is 21.2 Å². The molecule has 0 atom stereocenters. The number of rotatable bonds is 5. The smallest absolute Gasteiger partial charge is 0.336 e. The lowest BCUT2D eigenvalue weighted by Crippen LogP contribution is -2.17. The minimum atomic E-state index is -0.898. The fourth-order valence-electron chi connectivity index (χ4n) is 2.66. The SMILES string of the molecule is O=C(O)c1ccc(NCC2(C3CC3)CC2)cc1Br. The predicted molar refractivity (Wildman–Crippen MR) is 74.0 cm³/mol. The molecule has 1 aromatic rings. The standard InChI is InChI=1S/C14H16BrNO2/c15-12-7-10(3-4-11(12)13(17)18)16-8-14(5-6-14)9-1-2-9/h3-4,7,9,16H,1-2,5-6,8H2,(H,17,18). The molecule has 3 rings (SSSR count). The van der Waals surface area contributed by atoms with Crippen LogP contribution in [-0.4, -0.2) is 17.6 Å². The van der Waals surface area contributed by atoms with Crippen LogP contribution in [-0.2, 0) is 0 Å². The lowest BCUT2D eigenvalue weighted by Gasteiger charge is -2.16. The van der Waals surface area contributed by atoms with Crippen LogP contribution in [0.2, 0.25) is 0 Å². The maximum Gasteiger partial charge on any atom is 0.336 e. The molecule has 0 saturated heterocycles. The Hall–Kier alpha value is -1.03. The first-order valence-electron chi connectivity index (χ1n) is 6.37. The molecule has 0 radical (unpaired) electrons. The first-order valence-corrected chi connectivity index (χ1v) is 7.17. The molecule has 0 amide bonds. The highest BCUT2D eigenvalue weighted by Gasteiger charge is 2.53. The summed E-state index contributed by atoms with van der Waals surface area (Å²) in [5.74, 6) is 0.0387. The summed E-state index contributed by atoms with van der Waals surface area (Å²) in [5, 5.41) is 12.4. The van der Waals surface area contributed by atoms with E-state index >= 15 is 0 Å². The number of carbonyl (C=O) groups is 1. The number of benzene rings is 1. The van der Waals surface area contributed by atoms with Gasteiger partial charge < -0.3 is 10.4 Å². The quantitative estimate of drug-likeness (QED) is 0.871. The van der Waals surface area contributed by atoms with E-state index in [1.54, 1.807) is 6.07 Å². The van der Waals surface area contributed by atoms with Crippen LogP contribution in [0.5, 0.6) is 0 Å². The molecule has 4 heteroatoms. The van der Waals surface area contributed by atoms with Gasteiger partial charge in [0.15, 0.2) is 0 Å². The molecule has 3 nitrogen and oxygen atoms in total. The maximum atomic E-state index is 10.9. The fraction of sp³-hybridized carbons (Fsp3) is 0.500. The lowest BCUT2D eigenvalue weighted by molar-refractivity contribution is 0.0696. The van der Waals surface area contributed by atoms with Gasteiger partial charge in [-0.3, -0.25) is 0 Å². The molecule has 0 heterocycles. The van der Waals surface area contributed by atoms with Crippen molar-refractivity contribution >= 4 is 27.6 Å². The molecule has 2 saturated carbocycles. The zero-order valence-corrected chi connectivity index (χ0v) is 11.7. The van der Waals surface area contributed by atoms with E-state index in [1.165, 1.54) is 25.7 Å². The number of hydrogen-bond acceptors (Lipinski definition) is 2. The average molecular weight is 310 g/mol. The van der Waals surface area contributed by atoms with E-state index in [1.807, 2.05) is 12.1 Å². The molecule has 2 fully saturated rings. The molecular weight excluding hydrogens is 294 g/mol. The maximum absolute atomic E-state index is 10.9. The molecule has 96 valence electrons. The van der Waals surface area contributed by atoms with Crippen molar-refractivity contribution in [3.8, 4) is 0 Å². The summed E-state index contributed by atoms with van der Waals surface area (Å²) in [5.41, 5.74) is 1.86. The molecular formula is C14H16BrNO2. The van der Waals surface area contributed by atoms with Gasteiger partial charge in [-0.2, -0.15) is 0 Å².